The fraction of sp³-hybridized carbons (Fsp3) is 0.115. The maximum atomic E-state index is 13.2. The zero-order valence-electron chi connectivity index (χ0n) is 18.8. The number of fused-ring (bicyclic) bond motifs is 1. The van der Waals surface area contributed by atoms with Crippen molar-refractivity contribution >= 4 is 51.5 Å². The van der Waals surface area contributed by atoms with E-state index in [4.69, 9.17) is 32.7 Å². The summed E-state index contributed by atoms with van der Waals surface area (Å²) in [5.41, 5.74) is 1.26. The molecule has 1 amide bonds. The van der Waals surface area contributed by atoms with E-state index in [-0.39, 0.29) is 11.3 Å². The van der Waals surface area contributed by atoms with E-state index in [2.05, 4.69) is 5.32 Å². The van der Waals surface area contributed by atoms with Crippen LogP contribution < -0.4 is 15.6 Å². The Bertz CT molecular complexity index is 1500. The molecule has 0 aliphatic rings. The van der Waals surface area contributed by atoms with E-state index in [1.807, 2.05) is 0 Å². The SMILES string of the molecule is COc1ccc(NC(=O)COC(=O)c2c(-c3ccc(Cl)cc3)c3ccccc3c(=O)n2C)cc1Cl. The van der Waals surface area contributed by atoms with Gasteiger partial charge in [-0.1, -0.05) is 53.5 Å². The molecule has 4 aromatic rings. The average molecular weight is 511 g/mol. The number of pyridine rings is 1. The molecule has 1 aromatic heterocycles. The van der Waals surface area contributed by atoms with E-state index >= 15 is 0 Å². The number of anilines is 1. The van der Waals surface area contributed by atoms with Crippen LogP contribution in [0.2, 0.25) is 10.0 Å². The van der Waals surface area contributed by atoms with Crippen LogP contribution in [0.15, 0.2) is 71.5 Å². The van der Waals surface area contributed by atoms with Gasteiger partial charge in [0.2, 0.25) is 0 Å². The molecule has 0 atom stereocenters. The quantitative estimate of drug-likeness (QED) is 0.355. The largest absolute Gasteiger partial charge is 0.495 e. The molecule has 7 nitrogen and oxygen atoms in total. The molecule has 178 valence electrons. The van der Waals surface area contributed by atoms with E-state index in [1.165, 1.54) is 24.8 Å². The summed E-state index contributed by atoms with van der Waals surface area (Å²) in [6.07, 6.45) is 0. The average Bonchev–Trinajstić information content (AvgIpc) is 2.85. The first-order valence-electron chi connectivity index (χ1n) is 10.5. The number of nitrogens with zero attached hydrogens (tertiary/aromatic N) is 1. The molecule has 0 radical (unpaired) electrons. The van der Waals surface area contributed by atoms with Gasteiger partial charge in [0.25, 0.3) is 11.5 Å². The molecule has 0 saturated heterocycles. The number of halogens is 2. The van der Waals surface area contributed by atoms with Crippen LogP contribution in [-0.4, -0.2) is 30.2 Å². The Morgan fingerprint density at radius 1 is 0.971 bits per heavy atom. The Morgan fingerprint density at radius 3 is 2.31 bits per heavy atom. The number of carbonyl (C=O) groups is 2. The Labute approximate surface area is 210 Å². The maximum absolute atomic E-state index is 13.2. The second kappa shape index (κ2) is 10.2. The van der Waals surface area contributed by atoms with Gasteiger partial charge in [0.05, 0.1) is 12.1 Å². The van der Waals surface area contributed by atoms with Crippen LogP contribution in [0.4, 0.5) is 5.69 Å². The molecule has 1 N–H and O–H groups in total. The fourth-order valence-electron chi connectivity index (χ4n) is 3.75. The summed E-state index contributed by atoms with van der Waals surface area (Å²) in [6, 6.07) is 18.6. The second-order valence-electron chi connectivity index (χ2n) is 7.61. The molecule has 9 heteroatoms. The van der Waals surface area contributed by atoms with Crippen LogP contribution in [0.3, 0.4) is 0 Å². The number of carbonyl (C=O) groups excluding carboxylic acids is 2. The van der Waals surface area contributed by atoms with Crippen molar-refractivity contribution in [2.24, 2.45) is 7.05 Å². The van der Waals surface area contributed by atoms with Crippen LogP contribution in [0.5, 0.6) is 5.75 Å². The number of benzene rings is 3. The van der Waals surface area contributed by atoms with Gasteiger partial charge < -0.3 is 19.4 Å². The smallest absolute Gasteiger partial charge is 0.356 e. The van der Waals surface area contributed by atoms with Crippen LogP contribution >= 0.6 is 23.2 Å². The van der Waals surface area contributed by atoms with Crippen molar-refractivity contribution in [2.75, 3.05) is 19.0 Å². The van der Waals surface area contributed by atoms with Crippen molar-refractivity contribution in [2.45, 2.75) is 0 Å². The number of aromatic nitrogens is 1. The van der Waals surface area contributed by atoms with Crippen LogP contribution in [0.1, 0.15) is 10.5 Å². The summed E-state index contributed by atoms with van der Waals surface area (Å²) in [4.78, 5) is 38.6. The molecule has 3 aromatic carbocycles. The lowest BCUT2D eigenvalue weighted by molar-refractivity contribution is -0.119. The van der Waals surface area contributed by atoms with E-state index in [0.717, 1.165) is 0 Å². The van der Waals surface area contributed by atoms with Gasteiger partial charge in [0.1, 0.15) is 11.4 Å². The third kappa shape index (κ3) is 5.01. The highest BCUT2D eigenvalue weighted by atomic mass is 35.5. The van der Waals surface area contributed by atoms with E-state index in [0.29, 0.717) is 43.4 Å². The Morgan fingerprint density at radius 2 is 1.66 bits per heavy atom. The fourth-order valence-corrected chi connectivity index (χ4v) is 4.14. The summed E-state index contributed by atoms with van der Waals surface area (Å²) in [5, 5.41) is 4.50. The zero-order chi connectivity index (χ0) is 25.1. The van der Waals surface area contributed by atoms with Crippen LogP contribution in [-0.2, 0) is 16.6 Å². The van der Waals surface area contributed by atoms with Crippen molar-refractivity contribution in [1.29, 1.82) is 0 Å². The van der Waals surface area contributed by atoms with Gasteiger partial charge in [-0.3, -0.25) is 9.59 Å². The van der Waals surface area contributed by atoms with Gasteiger partial charge in [-0.2, -0.15) is 0 Å². The number of methoxy groups -OCH3 is 1. The van der Waals surface area contributed by atoms with E-state index < -0.39 is 18.5 Å². The van der Waals surface area contributed by atoms with Crippen molar-refractivity contribution < 1.29 is 19.1 Å². The molecule has 0 saturated carbocycles. The summed E-state index contributed by atoms with van der Waals surface area (Å²) < 4.78 is 11.6. The minimum absolute atomic E-state index is 0.0244. The highest BCUT2D eigenvalue weighted by Crippen LogP contribution is 2.32. The Kier molecular flexibility index (Phi) is 7.10. The predicted octanol–water partition coefficient (Wildman–Crippen LogP) is 5.32. The maximum Gasteiger partial charge on any atom is 0.356 e. The van der Waals surface area contributed by atoms with Gasteiger partial charge in [0, 0.05) is 28.7 Å². The molecule has 0 bridgehead atoms. The predicted molar refractivity (Wildman–Crippen MR) is 137 cm³/mol. The lowest BCUT2D eigenvalue weighted by Gasteiger charge is -2.17. The second-order valence-corrected chi connectivity index (χ2v) is 8.46. The summed E-state index contributed by atoms with van der Waals surface area (Å²) in [5.74, 6) is -0.926. The van der Waals surface area contributed by atoms with Crippen molar-refractivity contribution in [3.05, 3.63) is 92.8 Å². The highest BCUT2D eigenvalue weighted by molar-refractivity contribution is 6.32. The van der Waals surface area contributed by atoms with Crippen molar-refractivity contribution in [1.82, 2.24) is 4.57 Å². The monoisotopic (exact) mass is 510 g/mol. The van der Waals surface area contributed by atoms with Crippen molar-refractivity contribution in [3.8, 4) is 16.9 Å². The lowest BCUT2D eigenvalue weighted by Crippen LogP contribution is -2.28. The first-order valence-corrected chi connectivity index (χ1v) is 11.2. The third-order valence-corrected chi connectivity index (χ3v) is 5.95. The summed E-state index contributed by atoms with van der Waals surface area (Å²) >= 11 is 12.1. The first-order chi connectivity index (χ1) is 16.8. The van der Waals surface area contributed by atoms with E-state index in [9.17, 15) is 14.4 Å². The normalized spacial score (nSPS) is 10.7. The molecule has 0 aliphatic carbocycles. The van der Waals surface area contributed by atoms with Gasteiger partial charge >= 0.3 is 5.97 Å². The number of esters is 1. The molecule has 0 aliphatic heterocycles. The number of hydrogen-bond donors (Lipinski definition) is 1. The molecular weight excluding hydrogens is 491 g/mol. The standard InChI is InChI=1S/C26H20Cl2N2O5/c1-30-24(26(33)35-14-22(31)29-17-11-12-21(34-2)20(28)13-17)23(15-7-9-16(27)10-8-15)18-5-3-4-6-19(18)25(30)32/h3-13H,14H2,1-2H3,(H,29,31). The zero-order valence-corrected chi connectivity index (χ0v) is 20.3. The third-order valence-electron chi connectivity index (χ3n) is 5.40. The van der Waals surface area contributed by atoms with Crippen molar-refractivity contribution in [3.63, 3.8) is 0 Å². The highest BCUT2D eigenvalue weighted by Gasteiger charge is 2.23. The topological polar surface area (TPSA) is 86.6 Å². The number of hydrogen-bond acceptors (Lipinski definition) is 5. The van der Waals surface area contributed by atoms with Gasteiger partial charge in [-0.25, -0.2) is 4.79 Å². The lowest BCUT2D eigenvalue weighted by atomic mass is 9.97. The molecule has 0 spiro atoms. The van der Waals surface area contributed by atoms with Gasteiger partial charge in [-0.05, 0) is 47.3 Å². The molecule has 0 fully saturated rings. The number of rotatable bonds is 6. The molecule has 35 heavy (non-hydrogen) atoms. The number of amides is 1. The number of ether oxygens (including phenoxy) is 2. The Hall–Kier alpha value is -3.81. The van der Waals surface area contributed by atoms with Gasteiger partial charge in [-0.15, -0.1) is 0 Å². The van der Waals surface area contributed by atoms with Crippen LogP contribution in [0, 0.1) is 0 Å². The van der Waals surface area contributed by atoms with E-state index in [1.54, 1.807) is 60.7 Å². The summed E-state index contributed by atoms with van der Waals surface area (Å²) in [7, 11) is 2.97. The minimum Gasteiger partial charge on any atom is -0.495 e. The Balaban J connectivity index is 1.65. The summed E-state index contributed by atoms with van der Waals surface area (Å²) in [6.45, 7) is -0.566. The molecule has 1 heterocycles. The minimum atomic E-state index is -0.816. The molecule has 4 rings (SSSR count). The number of nitrogens with one attached hydrogen (secondary N) is 1. The van der Waals surface area contributed by atoms with Crippen LogP contribution in [0.25, 0.3) is 21.9 Å². The van der Waals surface area contributed by atoms with Gasteiger partial charge in [0.15, 0.2) is 6.61 Å². The molecular formula is C26H20Cl2N2O5. The first kappa shape index (κ1) is 24.3. The molecule has 0 unspecified atom stereocenters.